The zero-order chi connectivity index (χ0) is 14.2. The van der Waals surface area contributed by atoms with Gasteiger partial charge in [-0.05, 0) is 36.5 Å². The lowest BCUT2D eigenvalue weighted by atomic mass is 9.73. The standard InChI is InChI=1S/C20H38/c1-3-8-18-13-15-20(16-14-18)17(2)9-7-12-19-10-5-4-6-11-19/h17-20H,3-16H2,1-2H3. The summed E-state index contributed by atoms with van der Waals surface area (Å²) in [7, 11) is 0. The lowest BCUT2D eigenvalue weighted by Crippen LogP contribution is -2.20. The molecule has 0 heteroatoms. The minimum absolute atomic E-state index is 1.00. The smallest absolute Gasteiger partial charge is 0.0388 e. The molecule has 0 N–H and O–H groups in total. The molecule has 0 aromatic carbocycles. The Balaban J connectivity index is 1.56. The highest BCUT2D eigenvalue weighted by molar-refractivity contribution is 4.76. The van der Waals surface area contributed by atoms with E-state index < -0.39 is 0 Å². The van der Waals surface area contributed by atoms with Gasteiger partial charge in [-0.25, -0.2) is 0 Å². The first-order valence-electron chi connectivity index (χ1n) is 9.79. The first kappa shape index (κ1) is 16.4. The van der Waals surface area contributed by atoms with E-state index in [1.807, 2.05) is 0 Å². The van der Waals surface area contributed by atoms with E-state index >= 15 is 0 Å². The Morgan fingerprint density at radius 1 is 0.800 bits per heavy atom. The number of hydrogen-bond donors (Lipinski definition) is 0. The minimum Gasteiger partial charge on any atom is -0.0654 e. The van der Waals surface area contributed by atoms with Crippen LogP contribution in [0.3, 0.4) is 0 Å². The van der Waals surface area contributed by atoms with Gasteiger partial charge in [-0.1, -0.05) is 90.9 Å². The number of rotatable bonds is 7. The van der Waals surface area contributed by atoms with E-state index in [2.05, 4.69) is 13.8 Å². The van der Waals surface area contributed by atoms with Gasteiger partial charge in [-0.15, -0.1) is 0 Å². The Hall–Kier alpha value is 0. The first-order valence-corrected chi connectivity index (χ1v) is 9.79. The molecular weight excluding hydrogens is 240 g/mol. The molecule has 0 aromatic heterocycles. The fourth-order valence-corrected chi connectivity index (χ4v) is 4.89. The van der Waals surface area contributed by atoms with E-state index in [9.17, 15) is 0 Å². The van der Waals surface area contributed by atoms with Gasteiger partial charge in [-0.3, -0.25) is 0 Å². The van der Waals surface area contributed by atoms with Crippen molar-refractivity contribution in [2.24, 2.45) is 23.7 Å². The molecule has 0 aliphatic heterocycles. The molecule has 2 aliphatic carbocycles. The van der Waals surface area contributed by atoms with Gasteiger partial charge in [0.05, 0.1) is 0 Å². The number of hydrogen-bond acceptors (Lipinski definition) is 0. The van der Waals surface area contributed by atoms with Crippen LogP contribution in [0.1, 0.15) is 104 Å². The van der Waals surface area contributed by atoms with Crippen LogP contribution in [0.25, 0.3) is 0 Å². The van der Waals surface area contributed by atoms with E-state index in [1.54, 1.807) is 0 Å². The van der Waals surface area contributed by atoms with Crippen LogP contribution in [0.4, 0.5) is 0 Å². The van der Waals surface area contributed by atoms with Crippen molar-refractivity contribution in [3.63, 3.8) is 0 Å². The summed E-state index contributed by atoms with van der Waals surface area (Å²) in [5, 5.41) is 0. The molecular formula is C20H38. The maximum atomic E-state index is 2.55. The van der Waals surface area contributed by atoms with Crippen LogP contribution in [-0.2, 0) is 0 Å². The van der Waals surface area contributed by atoms with Crippen LogP contribution < -0.4 is 0 Å². The Morgan fingerprint density at radius 2 is 1.45 bits per heavy atom. The molecule has 2 aliphatic rings. The second-order valence-corrected chi connectivity index (χ2v) is 7.98. The van der Waals surface area contributed by atoms with Crippen LogP contribution in [0.2, 0.25) is 0 Å². The summed E-state index contributed by atoms with van der Waals surface area (Å²) in [6.45, 7) is 4.89. The quantitative estimate of drug-likeness (QED) is 0.471. The van der Waals surface area contributed by atoms with E-state index in [4.69, 9.17) is 0 Å². The summed E-state index contributed by atoms with van der Waals surface area (Å²) >= 11 is 0. The van der Waals surface area contributed by atoms with Gasteiger partial charge in [0.15, 0.2) is 0 Å². The Kier molecular flexibility index (Phi) is 7.45. The molecule has 0 spiro atoms. The monoisotopic (exact) mass is 278 g/mol. The molecule has 20 heavy (non-hydrogen) atoms. The molecule has 0 aromatic rings. The Morgan fingerprint density at radius 3 is 2.10 bits per heavy atom. The van der Waals surface area contributed by atoms with Crippen molar-refractivity contribution in [3.05, 3.63) is 0 Å². The molecule has 2 fully saturated rings. The Bertz CT molecular complexity index is 230. The molecule has 1 unspecified atom stereocenters. The molecule has 2 rings (SSSR count). The third-order valence-corrected chi connectivity index (χ3v) is 6.39. The summed E-state index contributed by atoms with van der Waals surface area (Å²) in [5.74, 6) is 4.23. The van der Waals surface area contributed by atoms with Gasteiger partial charge in [0.25, 0.3) is 0 Å². The van der Waals surface area contributed by atoms with Crippen molar-refractivity contribution in [1.82, 2.24) is 0 Å². The zero-order valence-electron chi connectivity index (χ0n) is 14.2. The molecule has 118 valence electrons. The zero-order valence-corrected chi connectivity index (χ0v) is 14.2. The van der Waals surface area contributed by atoms with Gasteiger partial charge in [0, 0.05) is 0 Å². The molecule has 0 radical (unpaired) electrons. The van der Waals surface area contributed by atoms with Crippen molar-refractivity contribution in [1.29, 1.82) is 0 Å². The van der Waals surface area contributed by atoms with Crippen LogP contribution in [0.15, 0.2) is 0 Å². The molecule has 0 nitrogen and oxygen atoms in total. The predicted octanol–water partition coefficient (Wildman–Crippen LogP) is 6.98. The van der Waals surface area contributed by atoms with Crippen LogP contribution in [-0.4, -0.2) is 0 Å². The third kappa shape index (κ3) is 5.41. The summed E-state index contributed by atoms with van der Waals surface area (Å²) in [4.78, 5) is 0. The maximum Gasteiger partial charge on any atom is -0.0388 e. The first-order chi connectivity index (χ1) is 9.79. The highest BCUT2D eigenvalue weighted by atomic mass is 14.3. The van der Waals surface area contributed by atoms with E-state index in [0.717, 1.165) is 23.7 Å². The van der Waals surface area contributed by atoms with Crippen LogP contribution >= 0.6 is 0 Å². The average Bonchev–Trinajstić information content (AvgIpc) is 2.49. The van der Waals surface area contributed by atoms with Crippen molar-refractivity contribution in [2.45, 2.75) is 104 Å². The highest BCUT2D eigenvalue weighted by Gasteiger charge is 2.24. The SMILES string of the molecule is CCCC1CCC(C(C)CCCC2CCCCC2)CC1. The summed E-state index contributed by atoms with van der Waals surface area (Å²) in [6, 6.07) is 0. The second kappa shape index (κ2) is 9.11. The van der Waals surface area contributed by atoms with Crippen LogP contribution in [0, 0.1) is 23.7 Å². The summed E-state index contributed by atoms with van der Waals surface area (Å²) in [6.07, 6.45) is 21.2. The normalized spacial score (nSPS) is 30.3. The highest BCUT2D eigenvalue weighted by Crippen LogP contribution is 2.37. The van der Waals surface area contributed by atoms with E-state index in [1.165, 1.54) is 89.9 Å². The van der Waals surface area contributed by atoms with E-state index in [0.29, 0.717) is 0 Å². The molecule has 0 amide bonds. The maximum absolute atomic E-state index is 2.55. The third-order valence-electron chi connectivity index (χ3n) is 6.39. The largest absolute Gasteiger partial charge is 0.0654 e. The average molecular weight is 279 g/mol. The summed E-state index contributed by atoms with van der Waals surface area (Å²) in [5.41, 5.74) is 0. The van der Waals surface area contributed by atoms with E-state index in [-0.39, 0.29) is 0 Å². The van der Waals surface area contributed by atoms with Gasteiger partial charge < -0.3 is 0 Å². The lowest BCUT2D eigenvalue weighted by Gasteiger charge is -2.32. The van der Waals surface area contributed by atoms with Crippen molar-refractivity contribution in [2.75, 3.05) is 0 Å². The fraction of sp³-hybridized carbons (Fsp3) is 1.00. The van der Waals surface area contributed by atoms with Crippen molar-refractivity contribution in [3.8, 4) is 0 Å². The lowest BCUT2D eigenvalue weighted by molar-refractivity contribution is 0.194. The van der Waals surface area contributed by atoms with Crippen molar-refractivity contribution < 1.29 is 0 Å². The summed E-state index contributed by atoms with van der Waals surface area (Å²) < 4.78 is 0. The minimum atomic E-state index is 1.00. The van der Waals surface area contributed by atoms with Gasteiger partial charge >= 0.3 is 0 Å². The molecule has 2 saturated carbocycles. The van der Waals surface area contributed by atoms with Crippen LogP contribution in [0.5, 0.6) is 0 Å². The molecule has 0 heterocycles. The van der Waals surface area contributed by atoms with Gasteiger partial charge in [-0.2, -0.15) is 0 Å². The molecule has 0 bridgehead atoms. The second-order valence-electron chi connectivity index (χ2n) is 7.98. The van der Waals surface area contributed by atoms with Gasteiger partial charge in [0.2, 0.25) is 0 Å². The van der Waals surface area contributed by atoms with Gasteiger partial charge in [0.1, 0.15) is 0 Å². The predicted molar refractivity (Wildman–Crippen MR) is 89.9 cm³/mol. The Labute approximate surface area is 128 Å². The topological polar surface area (TPSA) is 0 Å². The fourth-order valence-electron chi connectivity index (χ4n) is 4.89. The molecule has 0 saturated heterocycles. The molecule has 1 atom stereocenters. The van der Waals surface area contributed by atoms with Crippen molar-refractivity contribution >= 4 is 0 Å².